The maximum atomic E-state index is 13.9. The van der Waals surface area contributed by atoms with E-state index >= 15 is 0 Å². The molecule has 4 N–H and O–H groups in total. The molecule has 0 aromatic heterocycles. The molecule has 10 heteroatoms. The molecule has 2 amide bonds. The average Bonchev–Trinajstić information content (AvgIpc) is 3.64. The smallest absolute Gasteiger partial charge is 0.239 e. The monoisotopic (exact) mass is 642 g/mol. The lowest BCUT2D eigenvalue weighted by Gasteiger charge is -2.43. The predicted octanol–water partition coefficient (Wildman–Crippen LogP) is 3.21. The summed E-state index contributed by atoms with van der Waals surface area (Å²) in [6.07, 6.45) is -0.445. The molecule has 0 bridgehead atoms. The Morgan fingerprint density at radius 2 is 1.74 bits per heavy atom. The number of amides is 2. The number of rotatable bonds is 10. The molecular formula is C37H46N4O6. The number of nitrogens with one attached hydrogen (secondary N) is 2. The first-order valence-corrected chi connectivity index (χ1v) is 16.5. The summed E-state index contributed by atoms with van der Waals surface area (Å²) in [5.41, 5.74) is 3.40. The van der Waals surface area contributed by atoms with Crippen molar-refractivity contribution < 1.29 is 29.3 Å². The van der Waals surface area contributed by atoms with E-state index in [4.69, 9.17) is 9.47 Å². The van der Waals surface area contributed by atoms with Gasteiger partial charge in [0.05, 0.1) is 23.9 Å². The number of β-amino-alcohol motifs (C(OH)–C–C–N with tert-alkyl or cyclic N) is 1. The Morgan fingerprint density at radius 3 is 2.53 bits per heavy atom. The molecule has 0 unspecified atom stereocenters. The van der Waals surface area contributed by atoms with Crippen LogP contribution in [-0.2, 0) is 22.4 Å². The number of nitrogens with zero attached hydrogens (tertiary/aromatic N) is 2. The number of aliphatic hydroxyl groups excluding tert-OH is 2. The van der Waals surface area contributed by atoms with Crippen molar-refractivity contribution in [3.63, 3.8) is 0 Å². The Kier molecular flexibility index (Phi) is 9.72. The zero-order chi connectivity index (χ0) is 33.1. The highest BCUT2D eigenvalue weighted by atomic mass is 16.7. The van der Waals surface area contributed by atoms with Crippen molar-refractivity contribution in [2.45, 2.75) is 69.9 Å². The number of fused-ring (bicyclic) bond motifs is 2. The molecule has 0 saturated carbocycles. The molecule has 3 aromatic carbocycles. The van der Waals surface area contributed by atoms with Gasteiger partial charge >= 0.3 is 0 Å². The van der Waals surface area contributed by atoms with Crippen molar-refractivity contribution in [1.82, 2.24) is 15.5 Å². The van der Waals surface area contributed by atoms with Crippen LogP contribution < -0.4 is 25.0 Å². The molecule has 1 aliphatic carbocycles. The van der Waals surface area contributed by atoms with Crippen LogP contribution in [0, 0.1) is 5.92 Å². The minimum absolute atomic E-state index is 0.119. The lowest BCUT2D eigenvalue weighted by molar-refractivity contribution is -0.130. The van der Waals surface area contributed by atoms with Crippen LogP contribution in [0.2, 0.25) is 0 Å². The Balaban J connectivity index is 1.18. The van der Waals surface area contributed by atoms with Crippen molar-refractivity contribution in [1.29, 1.82) is 0 Å². The molecule has 2 heterocycles. The van der Waals surface area contributed by atoms with Crippen LogP contribution in [0.25, 0.3) is 0 Å². The van der Waals surface area contributed by atoms with E-state index in [0.29, 0.717) is 44.0 Å². The summed E-state index contributed by atoms with van der Waals surface area (Å²) in [5, 5.41) is 28.6. The van der Waals surface area contributed by atoms with E-state index in [2.05, 4.69) is 15.5 Å². The van der Waals surface area contributed by atoms with Crippen molar-refractivity contribution in [2.75, 3.05) is 37.9 Å². The molecule has 47 heavy (non-hydrogen) atoms. The van der Waals surface area contributed by atoms with Crippen LogP contribution in [0.15, 0.2) is 72.8 Å². The first-order chi connectivity index (χ1) is 22.6. The van der Waals surface area contributed by atoms with Gasteiger partial charge in [0, 0.05) is 44.1 Å². The zero-order valence-electron chi connectivity index (χ0n) is 27.4. The van der Waals surface area contributed by atoms with Crippen molar-refractivity contribution >= 4 is 17.5 Å². The van der Waals surface area contributed by atoms with Crippen molar-refractivity contribution in [2.24, 2.45) is 5.92 Å². The van der Waals surface area contributed by atoms with Crippen molar-refractivity contribution in [3.05, 3.63) is 89.5 Å². The van der Waals surface area contributed by atoms with Crippen LogP contribution in [0.1, 0.15) is 49.9 Å². The summed E-state index contributed by atoms with van der Waals surface area (Å²) in [6, 6.07) is 22.3. The van der Waals surface area contributed by atoms with Crippen molar-refractivity contribution in [3.8, 4) is 11.5 Å². The third-order valence-electron chi connectivity index (χ3n) is 9.21. The number of ether oxygens (including phenoxy) is 2. The van der Waals surface area contributed by atoms with Crippen LogP contribution in [0.5, 0.6) is 11.5 Å². The van der Waals surface area contributed by atoms with Gasteiger partial charge in [-0.25, -0.2) is 0 Å². The molecule has 6 rings (SSSR count). The summed E-state index contributed by atoms with van der Waals surface area (Å²) >= 11 is 0. The molecular weight excluding hydrogens is 596 g/mol. The van der Waals surface area contributed by atoms with Gasteiger partial charge in [-0.2, -0.15) is 0 Å². The molecule has 2 aliphatic heterocycles. The lowest BCUT2D eigenvalue weighted by atomic mass is 9.91. The number of benzene rings is 3. The maximum Gasteiger partial charge on any atom is 0.239 e. The standard InChI is InChI=1S/C37H46N4O6/c1-37(2,3)39-36(45)30-22-41(29-14-9-15-32-34(29)47-23-46-32)17-16-40(30)21-27(42)19-26(18-24-10-5-4-6-11-24)35(44)38-33-28-13-8-7-12-25(28)20-31(33)43/h4-15,26-27,30-31,33,42-43H,16-23H2,1-3H3,(H,38,44)(H,39,45)/t26-,27-,30-,31+,33-/m0/s1. The van der Waals surface area contributed by atoms with Crippen LogP contribution in [0.3, 0.4) is 0 Å². The largest absolute Gasteiger partial charge is 0.454 e. The van der Waals surface area contributed by atoms with Gasteiger partial charge in [-0.1, -0.05) is 60.7 Å². The molecule has 10 nitrogen and oxygen atoms in total. The summed E-state index contributed by atoms with van der Waals surface area (Å²) in [5.74, 6) is 0.500. The van der Waals surface area contributed by atoms with E-state index in [0.717, 1.165) is 22.4 Å². The Bertz CT molecular complexity index is 1560. The van der Waals surface area contributed by atoms with E-state index in [1.807, 2.05) is 98.5 Å². The summed E-state index contributed by atoms with van der Waals surface area (Å²) in [4.78, 5) is 31.7. The quantitative estimate of drug-likeness (QED) is 0.266. The summed E-state index contributed by atoms with van der Waals surface area (Å²) in [6.45, 7) is 7.81. The molecule has 0 radical (unpaired) electrons. The summed E-state index contributed by atoms with van der Waals surface area (Å²) in [7, 11) is 0. The van der Waals surface area contributed by atoms with Gasteiger partial charge < -0.3 is 35.2 Å². The van der Waals surface area contributed by atoms with Crippen LogP contribution in [0.4, 0.5) is 5.69 Å². The number of carbonyl (C=O) groups excluding carboxylic acids is 2. The van der Waals surface area contributed by atoms with E-state index in [-0.39, 0.29) is 31.6 Å². The second kappa shape index (κ2) is 13.9. The SMILES string of the molecule is CC(C)(C)NC(=O)[C@@H]1CN(c2cccc3c2OCO3)CCN1C[C@@H](O)C[C@H](Cc1ccccc1)C(=O)N[C@H]1c2ccccc2C[C@H]1O. The van der Waals surface area contributed by atoms with Gasteiger partial charge in [0.25, 0.3) is 0 Å². The van der Waals surface area contributed by atoms with Gasteiger partial charge in [-0.3, -0.25) is 14.5 Å². The van der Waals surface area contributed by atoms with Gasteiger partial charge in [-0.15, -0.1) is 0 Å². The molecule has 0 spiro atoms. The number of para-hydroxylation sites is 1. The highest BCUT2D eigenvalue weighted by Crippen LogP contribution is 2.41. The van der Waals surface area contributed by atoms with Crippen LogP contribution in [-0.4, -0.2) is 83.7 Å². The van der Waals surface area contributed by atoms with Gasteiger partial charge in [0.1, 0.15) is 6.04 Å². The number of carbonyl (C=O) groups is 2. The minimum Gasteiger partial charge on any atom is -0.454 e. The first kappa shape index (κ1) is 32.8. The maximum absolute atomic E-state index is 13.9. The second-order valence-electron chi connectivity index (χ2n) is 13.9. The molecule has 5 atom stereocenters. The molecule has 1 fully saturated rings. The number of aliphatic hydroxyl groups is 2. The van der Waals surface area contributed by atoms with Gasteiger partial charge in [0.15, 0.2) is 11.5 Å². The highest BCUT2D eigenvalue weighted by molar-refractivity contribution is 5.84. The number of hydrogen-bond donors (Lipinski definition) is 4. The normalized spacial score (nSPS) is 22.0. The topological polar surface area (TPSA) is 124 Å². The third-order valence-corrected chi connectivity index (χ3v) is 9.21. The van der Waals surface area contributed by atoms with Gasteiger partial charge in [-0.05, 0) is 62.4 Å². The van der Waals surface area contributed by atoms with E-state index in [1.165, 1.54) is 0 Å². The molecule has 1 saturated heterocycles. The van der Waals surface area contributed by atoms with E-state index < -0.39 is 35.7 Å². The Labute approximate surface area is 276 Å². The fourth-order valence-electron chi connectivity index (χ4n) is 7.00. The number of piperazine rings is 1. The number of anilines is 1. The Morgan fingerprint density at radius 1 is 0.979 bits per heavy atom. The predicted molar refractivity (Wildman–Crippen MR) is 179 cm³/mol. The molecule has 3 aromatic rings. The minimum atomic E-state index is -0.871. The third kappa shape index (κ3) is 7.72. The van der Waals surface area contributed by atoms with E-state index in [1.54, 1.807) is 0 Å². The summed E-state index contributed by atoms with van der Waals surface area (Å²) < 4.78 is 11.4. The lowest BCUT2D eigenvalue weighted by Crippen LogP contribution is -2.62. The Hall–Kier alpha value is -4.12. The average molecular weight is 643 g/mol. The van der Waals surface area contributed by atoms with Gasteiger partial charge in [0.2, 0.25) is 18.6 Å². The fourth-order valence-corrected chi connectivity index (χ4v) is 7.00. The fraction of sp³-hybridized carbons (Fsp3) is 0.459. The first-order valence-electron chi connectivity index (χ1n) is 16.5. The molecule has 3 aliphatic rings. The molecule has 250 valence electrons. The highest BCUT2D eigenvalue weighted by Gasteiger charge is 2.38. The number of hydrogen-bond acceptors (Lipinski definition) is 8. The zero-order valence-corrected chi connectivity index (χ0v) is 27.4. The van der Waals surface area contributed by atoms with E-state index in [9.17, 15) is 19.8 Å². The van der Waals surface area contributed by atoms with Crippen LogP contribution >= 0.6 is 0 Å². The second-order valence-corrected chi connectivity index (χ2v) is 13.9.